The van der Waals surface area contributed by atoms with Crippen molar-refractivity contribution in [3.05, 3.63) is 63.9 Å². The van der Waals surface area contributed by atoms with Gasteiger partial charge in [0, 0.05) is 12.0 Å². The number of benzene rings is 2. The molecule has 0 atom stereocenters. The molecular formula is C15H11BClFO3. The van der Waals surface area contributed by atoms with E-state index in [4.69, 9.17) is 16.3 Å². The van der Waals surface area contributed by atoms with Crippen LogP contribution in [0.15, 0.2) is 36.4 Å². The smallest absolute Gasteiger partial charge is 0.423 e. The van der Waals surface area contributed by atoms with Gasteiger partial charge in [-0.1, -0.05) is 23.7 Å². The standard InChI is InChI=1S/C15H11BClFO3/c17-14-6-10-8-21-16(20)13(10)7-12(14)15(19)5-9-2-1-3-11(18)4-9/h1-4,6-7,20H,5,8H2. The van der Waals surface area contributed by atoms with Crippen LogP contribution in [0.25, 0.3) is 0 Å². The minimum absolute atomic E-state index is 0.0488. The average molecular weight is 305 g/mol. The van der Waals surface area contributed by atoms with Gasteiger partial charge in [-0.25, -0.2) is 4.39 Å². The Morgan fingerprint density at radius 2 is 2.19 bits per heavy atom. The van der Waals surface area contributed by atoms with Gasteiger partial charge >= 0.3 is 7.12 Å². The zero-order chi connectivity index (χ0) is 15.0. The molecule has 0 bridgehead atoms. The Morgan fingerprint density at radius 1 is 1.38 bits per heavy atom. The van der Waals surface area contributed by atoms with Crippen molar-refractivity contribution in [3.8, 4) is 0 Å². The van der Waals surface area contributed by atoms with E-state index in [1.54, 1.807) is 24.3 Å². The van der Waals surface area contributed by atoms with E-state index in [0.717, 1.165) is 5.56 Å². The first kappa shape index (κ1) is 14.3. The number of hydrogen-bond donors (Lipinski definition) is 1. The van der Waals surface area contributed by atoms with E-state index in [0.29, 0.717) is 21.6 Å². The zero-order valence-corrected chi connectivity index (χ0v) is 11.7. The summed E-state index contributed by atoms with van der Waals surface area (Å²) in [4.78, 5) is 12.3. The quantitative estimate of drug-likeness (QED) is 0.698. The van der Waals surface area contributed by atoms with Crippen molar-refractivity contribution in [3.63, 3.8) is 0 Å². The van der Waals surface area contributed by atoms with Crippen LogP contribution in [-0.4, -0.2) is 17.9 Å². The van der Waals surface area contributed by atoms with Crippen LogP contribution in [0.2, 0.25) is 5.02 Å². The number of carbonyl (C=O) groups excluding carboxylic acids is 1. The van der Waals surface area contributed by atoms with E-state index in [1.807, 2.05) is 0 Å². The van der Waals surface area contributed by atoms with Crippen LogP contribution >= 0.6 is 11.6 Å². The lowest BCUT2D eigenvalue weighted by Crippen LogP contribution is -2.29. The third-order valence-corrected chi connectivity index (χ3v) is 3.76. The second kappa shape index (κ2) is 5.60. The molecule has 0 spiro atoms. The Kier molecular flexibility index (Phi) is 3.80. The van der Waals surface area contributed by atoms with Crippen molar-refractivity contribution in [1.82, 2.24) is 0 Å². The second-order valence-electron chi connectivity index (χ2n) is 4.92. The molecule has 1 aliphatic heterocycles. The molecule has 0 saturated carbocycles. The van der Waals surface area contributed by atoms with Gasteiger partial charge in [-0.2, -0.15) is 0 Å². The first-order valence-electron chi connectivity index (χ1n) is 6.44. The van der Waals surface area contributed by atoms with E-state index in [1.165, 1.54) is 12.1 Å². The molecule has 106 valence electrons. The average Bonchev–Trinajstić information content (AvgIpc) is 2.78. The molecule has 0 aromatic heterocycles. The lowest BCUT2D eigenvalue weighted by atomic mass is 9.78. The monoisotopic (exact) mass is 304 g/mol. The van der Waals surface area contributed by atoms with E-state index >= 15 is 0 Å². The topological polar surface area (TPSA) is 46.5 Å². The highest BCUT2D eigenvalue weighted by molar-refractivity contribution is 6.61. The Morgan fingerprint density at radius 3 is 2.95 bits per heavy atom. The predicted molar refractivity (Wildman–Crippen MR) is 78.3 cm³/mol. The minimum atomic E-state index is -1.03. The van der Waals surface area contributed by atoms with Crippen LogP contribution in [0, 0.1) is 5.82 Å². The van der Waals surface area contributed by atoms with Gasteiger partial charge in [-0.3, -0.25) is 4.79 Å². The molecule has 1 N–H and O–H groups in total. The summed E-state index contributed by atoms with van der Waals surface area (Å²) in [7, 11) is -1.03. The van der Waals surface area contributed by atoms with Gasteiger partial charge in [0.15, 0.2) is 5.78 Å². The molecule has 2 aromatic rings. The van der Waals surface area contributed by atoms with Crippen LogP contribution in [0.4, 0.5) is 4.39 Å². The SMILES string of the molecule is O=C(Cc1cccc(F)c1)c1cc2c(cc1Cl)COB2O. The van der Waals surface area contributed by atoms with Crippen molar-refractivity contribution in [2.75, 3.05) is 0 Å². The van der Waals surface area contributed by atoms with Gasteiger partial charge in [0.2, 0.25) is 0 Å². The zero-order valence-electron chi connectivity index (χ0n) is 11.0. The summed E-state index contributed by atoms with van der Waals surface area (Å²) in [6, 6.07) is 9.06. The van der Waals surface area contributed by atoms with Gasteiger partial charge in [0.1, 0.15) is 5.82 Å². The third kappa shape index (κ3) is 2.86. The molecule has 0 saturated heterocycles. The fourth-order valence-corrected chi connectivity index (χ4v) is 2.68. The van der Waals surface area contributed by atoms with Crippen LogP contribution in [0.3, 0.4) is 0 Å². The number of rotatable bonds is 3. The van der Waals surface area contributed by atoms with Crippen LogP contribution in [-0.2, 0) is 17.7 Å². The Hall–Kier alpha value is -1.69. The van der Waals surface area contributed by atoms with Crippen molar-refractivity contribution < 1.29 is 18.9 Å². The number of Topliss-reactive ketones (excluding diaryl/α,β-unsaturated/α-hetero) is 1. The van der Waals surface area contributed by atoms with Gasteiger partial charge in [0.05, 0.1) is 11.6 Å². The van der Waals surface area contributed by atoms with E-state index in [-0.39, 0.29) is 24.6 Å². The first-order chi connectivity index (χ1) is 10.0. The number of halogens is 2. The highest BCUT2D eigenvalue weighted by Crippen LogP contribution is 2.22. The largest absolute Gasteiger partial charge is 0.491 e. The van der Waals surface area contributed by atoms with Crippen molar-refractivity contribution in [2.45, 2.75) is 13.0 Å². The molecule has 2 aromatic carbocycles. The molecule has 0 unspecified atom stereocenters. The molecule has 6 heteroatoms. The summed E-state index contributed by atoms with van der Waals surface area (Å²) in [6.45, 7) is 0.272. The van der Waals surface area contributed by atoms with Crippen molar-refractivity contribution in [1.29, 1.82) is 0 Å². The number of carbonyl (C=O) groups is 1. The molecule has 3 rings (SSSR count). The van der Waals surface area contributed by atoms with Crippen LogP contribution in [0.1, 0.15) is 21.5 Å². The number of fused-ring (bicyclic) bond motifs is 1. The predicted octanol–water partition coefficient (Wildman–Crippen LogP) is 2.12. The maximum Gasteiger partial charge on any atom is 0.491 e. The molecule has 21 heavy (non-hydrogen) atoms. The normalized spacial score (nSPS) is 13.4. The minimum Gasteiger partial charge on any atom is -0.423 e. The van der Waals surface area contributed by atoms with E-state index < -0.39 is 7.12 Å². The molecular weight excluding hydrogens is 293 g/mol. The molecule has 3 nitrogen and oxygen atoms in total. The number of hydrogen-bond acceptors (Lipinski definition) is 3. The van der Waals surface area contributed by atoms with Gasteiger partial charge < -0.3 is 9.68 Å². The van der Waals surface area contributed by atoms with E-state index in [2.05, 4.69) is 0 Å². The highest BCUT2D eigenvalue weighted by atomic mass is 35.5. The molecule has 0 radical (unpaired) electrons. The van der Waals surface area contributed by atoms with Crippen LogP contribution < -0.4 is 5.46 Å². The van der Waals surface area contributed by atoms with Crippen molar-refractivity contribution >= 4 is 30.0 Å². The van der Waals surface area contributed by atoms with Gasteiger partial charge in [0.25, 0.3) is 0 Å². The summed E-state index contributed by atoms with van der Waals surface area (Å²) in [5, 5.41) is 9.99. The Labute approximate surface area is 126 Å². The Balaban J connectivity index is 1.90. The molecule has 1 aliphatic rings. The van der Waals surface area contributed by atoms with Crippen molar-refractivity contribution in [2.24, 2.45) is 0 Å². The summed E-state index contributed by atoms with van der Waals surface area (Å²) >= 11 is 6.12. The lowest BCUT2D eigenvalue weighted by Gasteiger charge is -2.07. The Bertz CT molecular complexity index is 720. The van der Waals surface area contributed by atoms with Gasteiger partial charge in [-0.15, -0.1) is 0 Å². The fraction of sp³-hybridized carbons (Fsp3) is 0.133. The number of ketones is 1. The molecule has 0 fully saturated rings. The third-order valence-electron chi connectivity index (χ3n) is 3.45. The molecule has 0 aliphatic carbocycles. The summed E-state index contributed by atoms with van der Waals surface area (Å²) in [5.41, 5.74) is 2.22. The van der Waals surface area contributed by atoms with Crippen LogP contribution in [0.5, 0.6) is 0 Å². The second-order valence-corrected chi connectivity index (χ2v) is 5.33. The summed E-state index contributed by atoms with van der Waals surface area (Å²) in [5.74, 6) is -0.614. The first-order valence-corrected chi connectivity index (χ1v) is 6.82. The molecule has 1 heterocycles. The maximum absolute atomic E-state index is 13.1. The fourth-order valence-electron chi connectivity index (χ4n) is 2.39. The lowest BCUT2D eigenvalue weighted by molar-refractivity contribution is 0.0993. The van der Waals surface area contributed by atoms with Gasteiger partial charge in [-0.05, 0) is 40.9 Å². The molecule has 0 amide bonds. The highest BCUT2D eigenvalue weighted by Gasteiger charge is 2.29. The summed E-state index contributed by atoms with van der Waals surface area (Å²) in [6.07, 6.45) is 0.0488. The maximum atomic E-state index is 13.1. The van der Waals surface area contributed by atoms with E-state index in [9.17, 15) is 14.2 Å². The summed E-state index contributed by atoms with van der Waals surface area (Å²) < 4.78 is 18.2.